The molecule has 3 nitrogen and oxygen atoms in total. The van der Waals surface area contributed by atoms with Crippen molar-refractivity contribution in [2.24, 2.45) is 0 Å². The van der Waals surface area contributed by atoms with Crippen LogP contribution in [0.25, 0.3) is 11.0 Å². The highest BCUT2D eigenvalue weighted by Crippen LogP contribution is 2.32. The predicted molar refractivity (Wildman–Crippen MR) is 92.6 cm³/mol. The van der Waals surface area contributed by atoms with E-state index in [-0.39, 0.29) is 11.4 Å². The van der Waals surface area contributed by atoms with Gasteiger partial charge in [-0.2, -0.15) is 0 Å². The average molecular weight is 418 g/mol. The number of nitrogens with zero attached hydrogens (tertiary/aromatic N) is 3. The van der Waals surface area contributed by atoms with Gasteiger partial charge >= 0.3 is 0 Å². The van der Waals surface area contributed by atoms with Crippen LogP contribution in [0.4, 0.5) is 0 Å². The molecular formula is C14H13ClIN3S. The van der Waals surface area contributed by atoms with Gasteiger partial charge in [0.2, 0.25) is 0 Å². The molecule has 0 saturated carbocycles. The summed E-state index contributed by atoms with van der Waals surface area (Å²) in [7, 11) is 0. The van der Waals surface area contributed by atoms with Crippen molar-refractivity contribution in [3.05, 3.63) is 44.2 Å². The maximum absolute atomic E-state index is 6.32. The summed E-state index contributed by atoms with van der Waals surface area (Å²) in [6.45, 7) is 4.10. The number of hydrogen-bond donors (Lipinski definition) is 0. The summed E-state index contributed by atoms with van der Waals surface area (Å²) in [5, 5.41) is 2.93. The Morgan fingerprint density at radius 2 is 2.15 bits per heavy atom. The van der Waals surface area contributed by atoms with Gasteiger partial charge in [-0.15, -0.1) is 22.9 Å². The molecule has 2 atom stereocenters. The van der Waals surface area contributed by atoms with E-state index in [1.165, 1.54) is 3.57 Å². The molecule has 0 amide bonds. The average Bonchev–Trinajstić information content (AvgIpc) is 3.04. The van der Waals surface area contributed by atoms with Crippen LogP contribution in [0.2, 0.25) is 0 Å². The molecule has 104 valence electrons. The van der Waals surface area contributed by atoms with Crippen molar-refractivity contribution in [1.29, 1.82) is 0 Å². The number of thiazole rings is 1. The van der Waals surface area contributed by atoms with Crippen molar-refractivity contribution >= 4 is 56.6 Å². The summed E-state index contributed by atoms with van der Waals surface area (Å²) in [6.07, 6.45) is 1.84. The molecule has 0 fully saturated rings. The Bertz CT molecular complexity index is 736. The molecule has 3 rings (SSSR count). The van der Waals surface area contributed by atoms with Crippen LogP contribution < -0.4 is 0 Å². The van der Waals surface area contributed by atoms with Crippen molar-refractivity contribution < 1.29 is 0 Å². The Morgan fingerprint density at radius 3 is 2.80 bits per heavy atom. The van der Waals surface area contributed by atoms with E-state index in [1.54, 1.807) is 11.3 Å². The summed E-state index contributed by atoms with van der Waals surface area (Å²) >= 11 is 10.3. The number of hydrogen-bond acceptors (Lipinski definition) is 3. The minimum atomic E-state index is -0.137. The third-order valence-corrected chi connectivity index (χ3v) is 5.04. The molecule has 2 aromatic heterocycles. The first kappa shape index (κ1) is 14.3. The van der Waals surface area contributed by atoms with Crippen LogP contribution >= 0.6 is 45.5 Å². The van der Waals surface area contributed by atoms with E-state index in [0.717, 1.165) is 21.9 Å². The summed E-state index contributed by atoms with van der Waals surface area (Å²) in [4.78, 5) is 9.13. The first-order chi connectivity index (χ1) is 9.58. The van der Waals surface area contributed by atoms with Crippen molar-refractivity contribution in [2.45, 2.75) is 25.3 Å². The van der Waals surface area contributed by atoms with Crippen LogP contribution in [0.3, 0.4) is 0 Å². The van der Waals surface area contributed by atoms with E-state index in [0.29, 0.717) is 0 Å². The van der Waals surface area contributed by atoms with Crippen LogP contribution in [0.5, 0.6) is 0 Å². The van der Waals surface area contributed by atoms with Crippen LogP contribution in [0.15, 0.2) is 29.8 Å². The number of fused-ring (bicyclic) bond motifs is 1. The second-order valence-electron chi connectivity index (χ2n) is 4.64. The summed E-state index contributed by atoms with van der Waals surface area (Å²) in [5.74, 6) is 0.895. The van der Waals surface area contributed by atoms with Crippen molar-refractivity contribution in [1.82, 2.24) is 14.5 Å². The Hall–Kier alpha value is -0.660. The molecule has 0 N–H and O–H groups in total. The van der Waals surface area contributed by atoms with E-state index in [4.69, 9.17) is 16.6 Å². The maximum atomic E-state index is 6.32. The molecule has 6 heteroatoms. The van der Waals surface area contributed by atoms with Gasteiger partial charge in [0.15, 0.2) is 0 Å². The lowest BCUT2D eigenvalue weighted by Crippen LogP contribution is -2.11. The van der Waals surface area contributed by atoms with Gasteiger partial charge in [0.05, 0.1) is 22.5 Å². The van der Waals surface area contributed by atoms with Crippen molar-refractivity contribution in [3.8, 4) is 0 Å². The molecule has 0 radical (unpaired) electrons. The maximum Gasteiger partial charge on any atom is 0.128 e. The second kappa shape index (κ2) is 5.61. The first-order valence-corrected chi connectivity index (χ1v) is 8.68. The SMILES string of the molecule is CC(Cl)c1nc2cc(I)ccc2n1C(C)c1nccs1. The van der Waals surface area contributed by atoms with Crippen LogP contribution in [-0.4, -0.2) is 14.5 Å². The third kappa shape index (κ3) is 2.46. The van der Waals surface area contributed by atoms with Gasteiger partial charge in [0, 0.05) is 15.1 Å². The Labute approximate surface area is 140 Å². The van der Waals surface area contributed by atoms with E-state index < -0.39 is 0 Å². The standard InChI is InChI=1S/C14H13ClIN3S/c1-8(15)13-18-11-7-10(16)3-4-12(11)19(13)9(2)14-17-5-6-20-14/h3-9H,1-2H3. The van der Waals surface area contributed by atoms with Gasteiger partial charge < -0.3 is 4.57 Å². The fraction of sp³-hybridized carbons (Fsp3) is 0.286. The fourth-order valence-electron chi connectivity index (χ4n) is 2.33. The smallest absolute Gasteiger partial charge is 0.128 e. The predicted octanol–water partition coefficient (Wildman–Crippen LogP) is 5.01. The van der Waals surface area contributed by atoms with Crippen LogP contribution in [-0.2, 0) is 0 Å². The van der Waals surface area contributed by atoms with Crippen molar-refractivity contribution in [2.75, 3.05) is 0 Å². The molecule has 0 aliphatic heterocycles. The van der Waals surface area contributed by atoms with Gasteiger partial charge in [-0.25, -0.2) is 9.97 Å². The zero-order valence-electron chi connectivity index (χ0n) is 11.0. The van der Waals surface area contributed by atoms with Gasteiger partial charge in [0.25, 0.3) is 0 Å². The first-order valence-electron chi connectivity index (χ1n) is 6.28. The number of rotatable bonds is 3. The topological polar surface area (TPSA) is 30.7 Å². The highest BCUT2D eigenvalue weighted by Gasteiger charge is 2.21. The molecular weight excluding hydrogens is 405 g/mol. The van der Waals surface area contributed by atoms with Gasteiger partial charge in [-0.05, 0) is 54.6 Å². The Balaban J connectivity index is 2.24. The van der Waals surface area contributed by atoms with Gasteiger partial charge in [0.1, 0.15) is 10.8 Å². The molecule has 0 aliphatic carbocycles. The lowest BCUT2D eigenvalue weighted by Gasteiger charge is -2.16. The molecule has 0 aliphatic rings. The largest absolute Gasteiger partial charge is 0.317 e. The normalized spacial score (nSPS) is 14.6. The van der Waals surface area contributed by atoms with E-state index in [9.17, 15) is 0 Å². The number of halogens is 2. The highest BCUT2D eigenvalue weighted by molar-refractivity contribution is 14.1. The van der Waals surface area contributed by atoms with Crippen LogP contribution in [0, 0.1) is 3.57 Å². The summed E-state index contributed by atoms with van der Waals surface area (Å²) in [6, 6.07) is 6.43. The Kier molecular flexibility index (Phi) is 4.01. The summed E-state index contributed by atoms with van der Waals surface area (Å²) in [5.41, 5.74) is 2.10. The van der Waals surface area contributed by atoms with Crippen LogP contribution in [0.1, 0.15) is 36.1 Å². The number of benzene rings is 1. The zero-order chi connectivity index (χ0) is 14.3. The molecule has 0 spiro atoms. The number of aromatic nitrogens is 3. The lowest BCUT2D eigenvalue weighted by molar-refractivity contribution is 0.615. The zero-order valence-corrected chi connectivity index (χ0v) is 14.8. The quantitative estimate of drug-likeness (QED) is 0.443. The molecule has 2 unspecified atom stereocenters. The minimum absolute atomic E-state index is 0.135. The van der Waals surface area contributed by atoms with E-state index in [2.05, 4.69) is 57.3 Å². The Morgan fingerprint density at radius 1 is 1.35 bits per heavy atom. The molecule has 0 bridgehead atoms. The minimum Gasteiger partial charge on any atom is -0.317 e. The second-order valence-corrected chi connectivity index (χ2v) is 7.46. The molecule has 1 aromatic carbocycles. The number of alkyl halides is 1. The van der Waals surface area contributed by atoms with E-state index in [1.807, 2.05) is 18.5 Å². The highest BCUT2D eigenvalue weighted by atomic mass is 127. The lowest BCUT2D eigenvalue weighted by atomic mass is 10.2. The molecule has 2 heterocycles. The number of imidazole rings is 1. The molecule has 20 heavy (non-hydrogen) atoms. The monoisotopic (exact) mass is 417 g/mol. The molecule has 3 aromatic rings. The van der Waals surface area contributed by atoms with E-state index >= 15 is 0 Å². The van der Waals surface area contributed by atoms with Gasteiger partial charge in [-0.1, -0.05) is 0 Å². The molecule has 0 saturated heterocycles. The third-order valence-electron chi connectivity index (χ3n) is 3.23. The fourth-order valence-corrected chi connectivity index (χ4v) is 3.64. The van der Waals surface area contributed by atoms with Crippen molar-refractivity contribution in [3.63, 3.8) is 0 Å². The van der Waals surface area contributed by atoms with Gasteiger partial charge in [-0.3, -0.25) is 0 Å². The summed E-state index contributed by atoms with van der Waals surface area (Å²) < 4.78 is 3.37.